The lowest BCUT2D eigenvalue weighted by Crippen LogP contribution is -2.26. The molecule has 5 heteroatoms. The average Bonchev–Trinajstić information content (AvgIpc) is 3.18. The van der Waals surface area contributed by atoms with Gasteiger partial charge in [-0.1, -0.05) is 48.5 Å². The van der Waals surface area contributed by atoms with Crippen LogP contribution in [0.3, 0.4) is 0 Å². The number of rotatable bonds is 5. The maximum atomic E-state index is 12.9. The van der Waals surface area contributed by atoms with E-state index in [-0.39, 0.29) is 5.91 Å². The highest BCUT2D eigenvalue weighted by atomic mass is 32.1. The van der Waals surface area contributed by atoms with Crippen LogP contribution in [0.15, 0.2) is 66.0 Å². The molecular weight excluding hydrogens is 346 g/mol. The molecule has 0 fully saturated rings. The zero-order valence-electron chi connectivity index (χ0n) is 14.6. The highest BCUT2D eigenvalue weighted by Gasteiger charge is 2.26. The Morgan fingerprint density at radius 2 is 1.77 bits per heavy atom. The number of hydrogen-bond acceptors (Lipinski definition) is 4. The topological polar surface area (TPSA) is 55.4 Å². The smallest absolute Gasteiger partial charge is 0.349 e. The molecule has 132 valence electrons. The van der Waals surface area contributed by atoms with Gasteiger partial charge in [-0.15, -0.1) is 11.3 Å². The van der Waals surface area contributed by atoms with Crippen molar-refractivity contribution >= 4 is 28.9 Å². The lowest BCUT2D eigenvalue weighted by atomic mass is 10.1. The first-order chi connectivity index (χ1) is 12.5. The molecule has 0 radical (unpaired) electrons. The van der Waals surface area contributed by atoms with Gasteiger partial charge < -0.3 is 10.1 Å². The van der Waals surface area contributed by atoms with Gasteiger partial charge in [-0.3, -0.25) is 4.79 Å². The monoisotopic (exact) mass is 365 g/mol. The molecule has 0 saturated carbocycles. The number of carbonyl (C=O) groups is 2. The van der Waals surface area contributed by atoms with E-state index in [9.17, 15) is 9.59 Å². The van der Waals surface area contributed by atoms with Crippen molar-refractivity contribution in [3.8, 4) is 0 Å². The molecule has 1 heterocycles. The molecule has 0 aliphatic carbocycles. The second-order valence-corrected chi connectivity index (χ2v) is 6.93. The molecule has 0 aliphatic rings. The second kappa shape index (κ2) is 7.97. The summed E-state index contributed by atoms with van der Waals surface area (Å²) in [4.78, 5) is 25.7. The van der Waals surface area contributed by atoms with Crippen LogP contribution < -0.4 is 5.32 Å². The van der Waals surface area contributed by atoms with Crippen LogP contribution in [0.25, 0.3) is 0 Å². The number of ether oxygens (including phenoxy) is 1. The summed E-state index contributed by atoms with van der Waals surface area (Å²) in [7, 11) is 0. The van der Waals surface area contributed by atoms with Crippen LogP contribution in [0, 0.1) is 13.8 Å². The van der Waals surface area contributed by atoms with E-state index in [1.165, 1.54) is 11.3 Å². The lowest BCUT2D eigenvalue weighted by molar-refractivity contribution is -0.125. The second-order valence-electron chi connectivity index (χ2n) is 5.98. The Bertz CT molecular complexity index is 904. The third kappa shape index (κ3) is 4.18. The SMILES string of the molecule is Cc1ccc(C)c(NC(=O)[C@@H](OC(=O)c2cccs2)c2ccccc2)c1. The van der Waals surface area contributed by atoms with Crippen molar-refractivity contribution in [2.24, 2.45) is 0 Å². The molecule has 2 aromatic carbocycles. The Morgan fingerprint density at radius 1 is 1.00 bits per heavy atom. The van der Waals surface area contributed by atoms with Gasteiger partial charge in [0.25, 0.3) is 5.91 Å². The molecule has 1 aromatic heterocycles. The molecule has 0 unspecified atom stereocenters. The highest BCUT2D eigenvalue weighted by Crippen LogP contribution is 2.24. The highest BCUT2D eigenvalue weighted by molar-refractivity contribution is 7.11. The molecule has 0 aliphatic heterocycles. The van der Waals surface area contributed by atoms with Crippen molar-refractivity contribution in [2.75, 3.05) is 5.32 Å². The fourth-order valence-corrected chi connectivity index (χ4v) is 3.13. The van der Waals surface area contributed by atoms with E-state index < -0.39 is 12.1 Å². The number of aryl methyl sites for hydroxylation is 2. The normalized spacial score (nSPS) is 11.6. The number of anilines is 1. The third-order valence-corrected chi connectivity index (χ3v) is 4.79. The van der Waals surface area contributed by atoms with Crippen LogP contribution in [0.4, 0.5) is 5.69 Å². The third-order valence-electron chi connectivity index (χ3n) is 3.94. The van der Waals surface area contributed by atoms with Gasteiger partial charge in [0.1, 0.15) is 4.88 Å². The first-order valence-corrected chi connectivity index (χ1v) is 9.10. The molecule has 1 amide bonds. The summed E-state index contributed by atoms with van der Waals surface area (Å²) in [6.07, 6.45) is -1.02. The van der Waals surface area contributed by atoms with Gasteiger partial charge in [0.15, 0.2) is 0 Å². The molecule has 4 nitrogen and oxygen atoms in total. The number of nitrogens with one attached hydrogen (secondary N) is 1. The van der Waals surface area contributed by atoms with Gasteiger partial charge >= 0.3 is 5.97 Å². The van der Waals surface area contributed by atoms with Gasteiger partial charge in [-0.25, -0.2) is 4.79 Å². The van der Waals surface area contributed by atoms with Gasteiger partial charge in [0.2, 0.25) is 6.10 Å². The van der Waals surface area contributed by atoms with Crippen LogP contribution in [0.1, 0.15) is 32.5 Å². The summed E-state index contributed by atoms with van der Waals surface area (Å²) in [6, 6.07) is 18.3. The van der Waals surface area contributed by atoms with Crippen molar-refractivity contribution < 1.29 is 14.3 Å². The molecule has 0 saturated heterocycles. The fraction of sp³-hybridized carbons (Fsp3) is 0.143. The van der Waals surface area contributed by atoms with E-state index in [0.29, 0.717) is 16.1 Å². The maximum Gasteiger partial charge on any atom is 0.349 e. The van der Waals surface area contributed by atoms with Crippen LogP contribution in [-0.2, 0) is 9.53 Å². The van der Waals surface area contributed by atoms with Crippen molar-refractivity contribution in [3.63, 3.8) is 0 Å². The zero-order valence-corrected chi connectivity index (χ0v) is 15.4. The van der Waals surface area contributed by atoms with Gasteiger partial charge in [0, 0.05) is 11.3 Å². The first-order valence-electron chi connectivity index (χ1n) is 8.22. The maximum absolute atomic E-state index is 12.9. The Morgan fingerprint density at radius 3 is 2.46 bits per heavy atom. The van der Waals surface area contributed by atoms with Gasteiger partial charge in [0.05, 0.1) is 0 Å². The van der Waals surface area contributed by atoms with E-state index >= 15 is 0 Å². The fourth-order valence-electron chi connectivity index (χ4n) is 2.53. The summed E-state index contributed by atoms with van der Waals surface area (Å²) in [5, 5.41) is 4.68. The van der Waals surface area contributed by atoms with Gasteiger partial charge in [-0.05, 0) is 42.5 Å². The van der Waals surface area contributed by atoms with E-state index in [1.807, 2.05) is 50.2 Å². The van der Waals surface area contributed by atoms with Crippen molar-refractivity contribution in [1.82, 2.24) is 0 Å². The molecular formula is C21H19NO3S. The predicted molar refractivity (Wildman–Crippen MR) is 103 cm³/mol. The summed E-state index contributed by atoms with van der Waals surface area (Å²) < 4.78 is 5.54. The number of hydrogen-bond donors (Lipinski definition) is 1. The Labute approximate surface area is 156 Å². The quantitative estimate of drug-likeness (QED) is 0.654. The Balaban J connectivity index is 1.86. The van der Waals surface area contributed by atoms with Crippen LogP contribution >= 0.6 is 11.3 Å². The number of thiophene rings is 1. The molecule has 0 bridgehead atoms. The van der Waals surface area contributed by atoms with E-state index in [4.69, 9.17) is 4.74 Å². The Kier molecular flexibility index (Phi) is 5.49. The lowest BCUT2D eigenvalue weighted by Gasteiger charge is -2.18. The van der Waals surface area contributed by atoms with Crippen LogP contribution in [0.2, 0.25) is 0 Å². The van der Waals surface area contributed by atoms with Crippen molar-refractivity contribution in [3.05, 3.63) is 87.6 Å². The molecule has 0 spiro atoms. The van der Waals surface area contributed by atoms with Crippen LogP contribution in [-0.4, -0.2) is 11.9 Å². The minimum Gasteiger partial charge on any atom is -0.443 e. The first kappa shape index (κ1) is 17.9. The number of amides is 1. The average molecular weight is 365 g/mol. The predicted octanol–water partition coefficient (Wildman–Crippen LogP) is 4.90. The zero-order chi connectivity index (χ0) is 18.5. The standard InChI is InChI=1S/C21H19NO3S/c1-14-10-11-15(2)17(13-14)22-20(23)19(16-7-4-3-5-8-16)25-21(24)18-9-6-12-26-18/h3-13,19H,1-2H3,(H,22,23)/t19-/m0/s1. The van der Waals surface area contributed by atoms with Gasteiger partial charge in [-0.2, -0.15) is 0 Å². The molecule has 3 rings (SSSR count). The number of carbonyl (C=O) groups excluding carboxylic acids is 2. The molecule has 3 aromatic rings. The number of benzene rings is 2. The molecule has 1 atom stereocenters. The largest absolute Gasteiger partial charge is 0.443 e. The van der Waals surface area contributed by atoms with E-state index in [1.54, 1.807) is 29.6 Å². The molecule has 1 N–H and O–H groups in total. The van der Waals surface area contributed by atoms with E-state index in [0.717, 1.165) is 11.1 Å². The van der Waals surface area contributed by atoms with Crippen molar-refractivity contribution in [1.29, 1.82) is 0 Å². The van der Waals surface area contributed by atoms with Crippen molar-refractivity contribution in [2.45, 2.75) is 20.0 Å². The van der Waals surface area contributed by atoms with E-state index in [2.05, 4.69) is 5.32 Å². The van der Waals surface area contributed by atoms with Crippen LogP contribution in [0.5, 0.6) is 0 Å². The Hall–Kier alpha value is -2.92. The summed E-state index contributed by atoms with van der Waals surface area (Å²) in [5.74, 6) is -0.889. The summed E-state index contributed by atoms with van der Waals surface area (Å²) >= 11 is 1.28. The number of esters is 1. The molecule has 26 heavy (non-hydrogen) atoms. The summed E-state index contributed by atoms with van der Waals surface area (Å²) in [5.41, 5.74) is 3.32. The summed E-state index contributed by atoms with van der Waals surface area (Å²) in [6.45, 7) is 3.88. The minimum atomic E-state index is -1.02. The minimum absolute atomic E-state index is 0.380.